The molecule has 0 aliphatic carbocycles. The molecule has 0 aliphatic heterocycles. The van der Waals surface area contributed by atoms with Crippen LogP contribution in [0.4, 0.5) is 5.69 Å². The lowest BCUT2D eigenvalue weighted by molar-refractivity contribution is -0.119. The van der Waals surface area contributed by atoms with Gasteiger partial charge >= 0.3 is 5.97 Å². The summed E-state index contributed by atoms with van der Waals surface area (Å²) in [5, 5.41) is 12.8. The van der Waals surface area contributed by atoms with Crippen LogP contribution in [0.15, 0.2) is 36.4 Å². The number of hydrogen-bond acceptors (Lipinski definition) is 4. The lowest BCUT2D eigenvalue weighted by Crippen LogP contribution is -2.22. The van der Waals surface area contributed by atoms with Gasteiger partial charge in [-0.3, -0.25) is 4.79 Å². The van der Waals surface area contributed by atoms with Gasteiger partial charge in [0, 0.05) is 10.7 Å². The van der Waals surface area contributed by atoms with Crippen LogP contribution in [0.5, 0.6) is 5.75 Å². The van der Waals surface area contributed by atoms with Crippen molar-refractivity contribution in [1.82, 2.24) is 0 Å². The van der Waals surface area contributed by atoms with Gasteiger partial charge in [0.15, 0.2) is 6.61 Å². The van der Waals surface area contributed by atoms with Crippen molar-refractivity contribution in [3.63, 3.8) is 0 Å². The Kier molecular flexibility index (Phi) is 6.42. The number of carbonyl (C=O) groups is 2. The third kappa shape index (κ3) is 4.73. The zero-order valence-corrected chi connectivity index (χ0v) is 14.9. The van der Waals surface area contributed by atoms with Crippen LogP contribution >= 0.6 is 11.6 Å². The van der Waals surface area contributed by atoms with E-state index in [1.807, 2.05) is 32.0 Å². The van der Waals surface area contributed by atoms with Crippen molar-refractivity contribution in [2.75, 3.05) is 11.9 Å². The number of halogens is 1. The monoisotopic (exact) mass is 361 g/mol. The van der Waals surface area contributed by atoms with E-state index in [4.69, 9.17) is 16.3 Å². The molecule has 1 amide bonds. The van der Waals surface area contributed by atoms with Crippen molar-refractivity contribution in [2.24, 2.45) is 0 Å². The Bertz CT molecular complexity index is 767. The molecule has 2 aromatic carbocycles. The molecule has 0 unspecified atom stereocenters. The Morgan fingerprint density at radius 1 is 1.12 bits per heavy atom. The van der Waals surface area contributed by atoms with E-state index in [0.29, 0.717) is 5.02 Å². The largest absolute Gasteiger partial charge is 0.507 e. The molecular formula is C19H20ClNO4. The van der Waals surface area contributed by atoms with Gasteiger partial charge in [-0.15, -0.1) is 0 Å². The lowest BCUT2D eigenvalue weighted by atomic mass is 10.0. The van der Waals surface area contributed by atoms with E-state index in [9.17, 15) is 14.7 Å². The Hall–Kier alpha value is -2.53. The number of ether oxygens (including phenoxy) is 1. The van der Waals surface area contributed by atoms with Crippen molar-refractivity contribution in [1.29, 1.82) is 0 Å². The van der Waals surface area contributed by atoms with Crippen LogP contribution in [-0.4, -0.2) is 23.6 Å². The average molecular weight is 362 g/mol. The molecule has 2 rings (SSSR count). The summed E-state index contributed by atoms with van der Waals surface area (Å²) < 4.78 is 4.98. The third-order valence-electron chi connectivity index (χ3n) is 3.78. The van der Waals surface area contributed by atoms with E-state index in [1.165, 1.54) is 18.2 Å². The van der Waals surface area contributed by atoms with Crippen LogP contribution < -0.4 is 5.32 Å². The van der Waals surface area contributed by atoms with E-state index < -0.39 is 18.5 Å². The van der Waals surface area contributed by atoms with Crippen molar-refractivity contribution in [2.45, 2.75) is 26.7 Å². The lowest BCUT2D eigenvalue weighted by Gasteiger charge is -2.14. The second-order valence-corrected chi connectivity index (χ2v) is 5.88. The maximum absolute atomic E-state index is 12.2. The molecule has 0 atom stereocenters. The highest BCUT2D eigenvalue weighted by Crippen LogP contribution is 2.23. The van der Waals surface area contributed by atoms with E-state index in [-0.39, 0.29) is 11.3 Å². The number of nitrogens with one attached hydrogen (secondary N) is 1. The third-order valence-corrected chi connectivity index (χ3v) is 4.01. The summed E-state index contributed by atoms with van der Waals surface area (Å²) >= 11 is 5.80. The zero-order valence-electron chi connectivity index (χ0n) is 14.1. The number of benzene rings is 2. The number of para-hydroxylation sites is 1. The van der Waals surface area contributed by atoms with Crippen LogP contribution in [-0.2, 0) is 22.4 Å². The summed E-state index contributed by atoms with van der Waals surface area (Å²) in [4.78, 5) is 24.2. The first-order valence-corrected chi connectivity index (χ1v) is 8.40. The fourth-order valence-electron chi connectivity index (χ4n) is 2.46. The minimum absolute atomic E-state index is 0.0801. The van der Waals surface area contributed by atoms with Crippen LogP contribution in [0.2, 0.25) is 5.02 Å². The van der Waals surface area contributed by atoms with Crippen LogP contribution in [0.3, 0.4) is 0 Å². The Balaban J connectivity index is 2.04. The quantitative estimate of drug-likeness (QED) is 0.763. The molecule has 5 nitrogen and oxygen atoms in total. The number of carbonyl (C=O) groups excluding carboxylic acids is 2. The first-order valence-electron chi connectivity index (χ1n) is 8.02. The molecule has 2 aromatic rings. The number of rotatable bonds is 6. The smallest absolute Gasteiger partial charge is 0.342 e. The first kappa shape index (κ1) is 18.8. The highest BCUT2D eigenvalue weighted by Gasteiger charge is 2.16. The summed E-state index contributed by atoms with van der Waals surface area (Å²) in [5.41, 5.74) is 2.72. The molecule has 25 heavy (non-hydrogen) atoms. The van der Waals surface area contributed by atoms with Gasteiger partial charge in [-0.1, -0.05) is 43.6 Å². The molecule has 0 aliphatic rings. The van der Waals surface area contributed by atoms with Gasteiger partial charge in [0.1, 0.15) is 11.3 Å². The molecule has 0 fully saturated rings. The SMILES string of the molecule is CCc1cccc(CC)c1NC(=O)COC(=O)c1cc(Cl)ccc1O. The second kappa shape index (κ2) is 8.53. The Morgan fingerprint density at radius 2 is 1.76 bits per heavy atom. The Labute approximate surface area is 151 Å². The summed E-state index contributed by atoms with van der Waals surface area (Å²) in [6, 6.07) is 9.89. The number of esters is 1. The standard InChI is InChI=1S/C19H20ClNO4/c1-3-12-6-5-7-13(4-2)18(12)21-17(23)11-25-19(24)15-10-14(20)8-9-16(15)22/h5-10,22H,3-4,11H2,1-2H3,(H,21,23). The molecular weight excluding hydrogens is 342 g/mol. The van der Waals surface area contributed by atoms with Crippen molar-refractivity contribution in [3.05, 3.63) is 58.1 Å². The molecule has 0 saturated carbocycles. The van der Waals surface area contributed by atoms with Gasteiger partial charge in [-0.2, -0.15) is 0 Å². The maximum atomic E-state index is 12.2. The van der Waals surface area contributed by atoms with Crippen LogP contribution in [0.25, 0.3) is 0 Å². The van der Waals surface area contributed by atoms with Crippen LogP contribution in [0.1, 0.15) is 35.3 Å². The van der Waals surface area contributed by atoms with Gasteiger partial charge in [-0.25, -0.2) is 4.79 Å². The minimum Gasteiger partial charge on any atom is -0.507 e. The van der Waals surface area contributed by atoms with Gasteiger partial charge in [0.2, 0.25) is 0 Å². The molecule has 6 heteroatoms. The Morgan fingerprint density at radius 3 is 2.36 bits per heavy atom. The number of phenolic OH excluding ortho intramolecular Hbond substituents is 1. The van der Waals surface area contributed by atoms with Crippen molar-refractivity contribution in [3.8, 4) is 5.75 Å². The predicted molar refractivity (Wildman–Crippen MR) is 97.2 cm³/mol. The van der Waals surface area contributed by atoms with E-state index >= 15 is 0 Å². The topological polar surface area (TPSA) is 75.6 Å². The van der Waals surface area contributed by atoms with Gasteiger partial charge < -0.3 is 15.2 Å². The minimum atomic E-state index is -0.811. The molecule has 0 aromatic heterocycles. The highest BCUT2D eigenvalue weighted by atomic mass is 35.5. The molecule has 0 radical (unpaired) electrons. The maximum Gasteiger partial charge on any atom is 0.342 e. The van der Waals surface area contributed by atoms with E-state index in [1.54, 1.807) is 0 Å². The molecule has 0 heterocycles. The summed E-state index contributed by atoms with van der Waals surface area (Å²) in [6.07, 6.45) is 1.55. The second-order valence-electron chi connectivity index (χ2n) is 5.44. The molecule has 0 bridgehead atoms. The predicted octanol–water partition coefficient (Wildman–Crippen LogP) is 3.97. The fraction of sp³-hybridized carbons (Fsp3) is 0.263. The van der Waals surface area contributed by atoms with Crippen LogP contribution in [0, 0.1) is 0 Å². The average Bonchev–Trinajstić information content (AvgIpc) is 2.61. The first-order chi connectivity index (χ1) is 12.0. The van der Waals surface area contributed by atoms with E-state index in [2.05, 4.69) is 5.32 Å². The van der Waals surface area contributed by atoms with Gasteiger partial charge in [0.05, 0.1) is 0 Å². The normalized spacial score (nSPS) is 10.4. The molecule has 132 valence electrons. The number of amides is 1. The summed E-state index contributed by atoms with van der Waals surface area (Å²) in [7, 11) is 0. The molecule has 0 spiro atoms. The van der Waals surface area contributed by atoms with E-state index in [0.717, 1.165) is 29.7 Å². The summed E-state index contributed by atoms with van der Waals surface area (Å²) in [6.45, 7) is 3.56. The number of phenols is 1. The van der Waals surface area contributed by atoms with Crippen molar-refractivity contribution < 1.29 is 19.4 Å². The summed E-state index contributed by atoms with van der Waals surface area (Å²) in [5.74, 6) is -1.50. The van der Waals surface area contributed by atoms with Gasteiger partial charge in [-0.05, 0) is 42.2 Å². The highest BCUT2D eigenvalue weighted by molar-refractivity contribution is 6.31. The zero-order chi connectivity index (χ0) is 18.4. The fourth-order valence-corrected chi connectivity index (χ4v) is 2.63. The number of hydrogen-bond donors (Lipinski definition) is 2. The number of anilines is 1. The molecule has 0 saturated heterocycles. The van der Waals surface area contributed by atoms with Crippen molar-refractivity contribution >= 4 is 29.2 Å². The molecule has 2 N–H and O–H groups in total. The number of aromatic hydroxyl groups is 1. The number of aryl methyl sites for hydroxylation is 2. The van der Waals surface area contributed by atoms with Gasteiger partial charge in [0.25, 0.3) is 5.91 Å².